The van der Waals surface area contributed by atoms with Crippen molar-refractivity contribution in [2.75, 3.05) is 18.5 Å². The predicted octanol–water partition coefficient (Wildman–Crippen LogP) is 2.42. The van der Waals surface area contributed by atoms with Crippen LogP contribution >= 0.6 is 0 Å². The van der Waals surface area contributed by atoms with Crippen LogP contribution in [0, 0.1) is 5.82 Å². The van der Waals surface area contributed by atoms with Gasteiger partial charge < -0.3 is 14.8 Å². The number of nitrogens with zero attached hydrogens (tertiary/aromatic N) is 3. The van der Waals surface area contributed by atoms with Gasteiger partial charge in [0.25, 0.3) is 0 Å². The lowest BCUT2D eigenvalue weighted by Crippen LogP contribution is -2.09. The quantitative estimate of drug-likeness (QED) is 0.845. The standard InChI is InChI=1S/C14H17FN4O2/c1-3-16-12-17-13(20-4-2)19-14(18-12)21-9-10-7-5-6-8-11(10)15/h5-8H,3-4,9H2,1-2H3,(H,16,17,18,19). The maximum atomic E-state index is 13.5. The summed E-state index contributed by atoms with van der Waals surface area (Å²) in [4.78, 5) is 12.2. The van der Waals surface area contributed by atoms with Gasteiger partial charge in [0, 0.05) is 12.1 Å². The highest BCUT2D eigenvalue weighted by Crippen LogP contribution is 2.15. The van der Waals surface area contributed by atoms with Crippen molar-refractivity contribution in [2.24, 2.45) is 0 Å². The Hall–Kier alpha value is -2.44. The molecule has 0 aliphatic rings. The molecule has 0 atom stereocenters. The lowest BCUT2D eigenvalue weighted by molar-refractivity contribution is 0.258. The van der Waals surface area contributed by atoms with E-state index in [0.29, 0.717) is 24.7 Å². The topological polar surface area (TPSA) is 69.2 Å². The van der Waals surface area contributed by atoms with Crippen molar-refractivity contribution in [1.82, 2.24) is 15.0 Å². The maximum absolute atomic E-state index is 13.5. The molecule has 0 saturated heterocycles. The van der Waals surface area contributed by atoms with Gasteiger partial charge in [-0.05, 0) is 19.9 Å². The molecular weight excluding hydrogens is 275 g/mol. The fraction of sp³-hybridized carbons (Fsp3) is 0.357. The van der Waals surface area contributed by atoms with E-state index >= 15 is 0 Å². The van der Waals surface area contributed by atoms with Crippen LogP contribution in [0.3, 0.4) is 0 Å². The molecule has 7 heteroatoms. The van der Waals surface area contributed by atoms with Crippen molar-refractivity contribution >= 4 is 5.95 Å². The number of rotatable bonds is 7. The third kappa shape index (κ3) is 4.27. The largest absolute Gasteiger partial charge is 0.464 e. The predicted molar refractivity (Wildman–Crippen MR) is 75.9 cm³/mol. The smallest absolute Gasteiger partial charge is 0.324 e. The van der Waals surface area contributed by atoms with E-state index in [1.54, 1.807) is 18.2 Å². The fourth-order valence-electron chi connectivity index (χ4n) is 1.59. The average Bonchev–Trinajstić information content (AvgIpc) is 2.47. The zero-order valence-corrected chi connectivity index (χ0v) is 12.0. The van der Waals surface area contributed by atoms with Crippen LogP contribution in [-0.4, -0.2) is 28.1 Å². The summed E-state index contributed by atoms with van der Waals surface area (Å²) in [5, 5.41) is 2.96. The number of hydrogen-bond acceptors (Lipinski definition) is 6. The number of nitrogens with one attached hydrogen (secondary N) is 1. The Labute approximate surface area is 122 Å². The first kappa shape index (κ1) is 15.0. The molecule has 1 heterocycles. The van der Waals surface area contributed by atoms with Crippen LogP contribution in [0.2, 0.25) is 0 Å². The molecule has 1 aromatic carbocycles. The highest BCUT2D eigenvalue weighted by Gasteiger charge is 2.09. The molecule has 112 valence electrons. The van der Waals surface area contributed by atoms with E-state index in [1.807, 2.05) is 13.8 Å². The zero-order chi connectivity index (χ0) is 15.1. The Morgan fingerprint density at radius 1 is 1.05 bits per heavy atom. The highest BCUT2D eigenvalue weighted by atomic mass is 19.1. The second-order valence-corrected chi connectivity index (χ2v) is 4.07. The molecule has 2 aromatic rings. The summed E-state index contributed by atoms with van der Waals surface area (Å²) < 4.78 is 24.2. The van der Waals surface area contributed by atoms with Crippen LogP contribution < -0.4 is 14.8 Å². The zero-order valence-electron chi connectivity index (χ0n) is 12.0. The SMILES string of the molecule is CCNc1nc(OCC)nc(OCc2ccccc2F)n1. The van der Waals surface area contributed by atoms with Gasteiger partial charge >= 0.3 is 12.0 Å². The maximum Gasteiger partial charge on any atom is 0.324 e. The minimum absolute atomic E-state index is 0.0355. The summed E-state index contributed by atoms with van der Waals surface area (Å²) in [6, 6.07) is 6.65. The summed E-state index contributed by atoms with van der Waals surface area (Å²) in [6.45, 7) is 4.87. The van der Waals surface area contributed by atoms with Gasteiger partial charge in [0.05, 0.1) is 6.61 Å². The van der Waals surface area contributed by atoms with Gasteiger partial charge in [0.1, 0.15) is 12.4 Å². The number of aromatic nitrogens is 3. The van der Waals surface area contributed by atoms with Gasteiger partial charge in [-0.3, -0.25) is 0 Å². The van der Waals surface area contributed by atoms with Crippen molar-refractivity contribution in [3.63, 3.8) is 0 Å². The third-order valence-corrected chi connectivity index (χ3v) is 2.52. The van der Waals surface area contributed by atoms with Gasteiger partial charge in [0.15, 0.2) is 0 Å². The highest BCUT2D eigenvalue weighted by molar-refractivity contribution is 5.27. The first-order valence-electron chi connectivity index (χ1n) is 6.71. The molecule has 1 N–H and O–H groups in total. The Kier molecular flexibility index (Phi) is 5.25. The van der Waals surface area contributed by atoms with Crippen LogP contribution in [0.25, 0.3) is 0 Å². The normalized spacial score (nSPS) is 10.2. The monoisotopic (exact) mass is 292 g/mol. The summed E-state index contributed by atoms with van der Waals surface area (Å²) in [5.74, 6) is 0.0305. The van der Waals surface area contributed by atoms with Crippen molar-refractivity contribution in [1.29, 1.82) is 0 Å². The number of anilines is 1. The number of hydrogen-bond donors (Lipinski definition) is 1. The van der Waals surface area contributed by atoms with Gasteiger partial charge in [0.2, 0.25) is 5.95 Å². The third-order valence-electron chi connectivity index (χ3n) is 2.52. The van der Waals surface area contributed by atoms with Gasteiger partial charge in [-0.15, -0.1) is 4.98 Å². The van der Waals surface area contributed by atoms with Gasteiger partial charge in [-0.1, -0.05) is 18.2 Å². The molecular formula is C14H17FN4O2. The molecule has 0 aliphatic carbocycles. The second-order valence-electron chi connectivity index (χ2n) is 4.07. The minimum atomic E-state index is -0.330. The molecule has 0 aliphatic heterocycles. The first-order valence-corrected chi connectivity index (χ1v) is 6.71. The molecule has 0 unspecified atom stereocenters. The number of halogens is 1. The molecule has 1 aromatic heterocycles. The molecule has 0 spiro atoms. The Bertz CT molecular complexity index is 571. The Balaban J connectivity index is 2.13. The van der Waals surface area contributed by atoms with E-state index in [9.17, 15) is 4.39 Å². The minimum Gasteiger partial charge on any atom is -0.464 e. The van der Waals surface area contributed by atoms with Crippen molar-refractivity contribution in [3.8, 4) is 12.0 Å². The number of benzene rings is 1. The second kappa shape index (κ2) is 7.37. The molecule has 0 amide bonds. The van der Waals surface area contributed by atoms with Crippen molar-refractivity contribution < 1.29 is 13.9 Å². The molecule has 0 fully saturated rings. The van der Waals surface area contributed by atoms with E-state index in [1.165, 1.54) is 6.07 Å². The molecule has 0 saturated carbocycles. The molecule has 0 bridgehead atoms. The van der Waals surface area contributed by atoms with Crippen LogP contribution in [0.15, 0.2) is 24.3 Å². The van der Waals surface area contributed by atoms with Crippen LogP contribution in [0.4, 0.5) is 10.3 Å². The van der Waals surface area contributed by atoms with Crippen LogP contribution in [0.5, 0.6) is 12.0 Å². The molecule has 21 heavy (non-hydrogen) atoms. The fourth-order valence-corrected chi connectivity index (χ4v) is 1.59. The van der Waals surface area contributed by atoms with Gasteiger partial charge in [-0.25, -0.2) is 4.39 Å². The average molecular weight is 292 g/mol. The van der Waals surface area contributed by atoms with E-state index in [0.717, 1.165) is 0 Å². The first-order chi connectivity index (χ1) is 10.2. The summed E-state index contributed by atoms with van der Waals surface area (Å²) in [6.07, 6.45) is 0. The van der Waals surface area contributed by atoms with E-state index in [4.69, 9.17) is 9.47 Å². The lowest BCUT2D eigenvalue weighted by atomic mass is 10.2. The van der Waals surface area contributed by atoms with Crippen molar-refractivity contribution in [2.45, 2.75) is 20.5 Å². The van der Waals surface area contributed by atoms with E-state index in [-0.39, 0.29) is 24.4 Å². The molecule has 6 nitrogen and oxygen atoms in total. The van der Waals surface area contributed by atoms with Crippen LogP contribution in [0.1, 0.15) is 19.4 Å². The lowest BCUT2D eigenvalue weighted by Gasteiger charge is -2.09. The Morgan fingerprint density at radius 2 is 1.76 bits per heavy atom. The molecule has 2 rings (SSSR count). The Morgan fingerprint density at radius 3 is 2.43 bits per heavy atom. The summed E-state index contributed by atoms with van der Waals surface area (Å²) in [5.41, 5.74) is 0.431. The van der Waals surface area contributed by atoms with Crippen LogP contribution in [-0.2, 0) is 6.61 Å². The van der Waals surface area contributed by atoms with E-state index < -0.39 is 0 Å². The van der Waals surface area contributed by atoms with Crippen molar-refractivity contribution in [3.05, 3.63) is 35.6 Å². The summed E-state index contributed by atoms with van der Waals surface area (Å²) >= 11 is 0. The summed E-state index contributed by atoms with van der Waals surface area (Å²) in [7, 11) is 0. The van der Waals surface area contributed by atoms with E-state index in [2.05, 4.69) is 20.3 Å². The van der Waals surface area contributed by atoms with Gasteiger partial charge in [-0.2, -0.15) is 9.97 Å². The number of ether oxygens (including phenoxy) is 2. The molecule has 0 radical (unpaired) electrons.